The molecule has 0 saturated heterocycles. The molecular formula is C6H18Au2P2S. The van der Waals surface area contributed by atoms with Gasteiger partial charge >= 0.3 is 44.8 Å². The summed E-state index contributed by atoms with van der Waals surface area (Å²) in [6.07, 6.45) is 0. The van der Waals surface area contributed by atoms with Gasteiger partial charge in [-0.05, 0) is 40.0 Å². The third-order valence-electron chi connectivity index (χ3n) is 0. The Labute approximate surface area is 113 Å². The normalized spacial score (nSPS) is 6.55. The number of rotatable bonds is 0. The molecule has 0 aromatic rings. The zero-order valence-corrected chi connectivity index (χ0v) is 14.8. The van der Waals surface area contributed by atoms with Crippen LogP contribution in [-0.2, 0) is 58.3 Å². The molecule has 0 unspecified atom stereocenters. The third kappa shape index (κ3) is 200. The summed E-state index contributed by atoms with van der Waals surface area (Å²) in [4.78, 5) is 0. The first-order chi connectivity index (χ1) is 3.46. The van der Waals surface area contributed by atoms with Crippen LogP contribution in [0.25, 0.3) is 0 Å². The molecule has 0 aliphatic carbocycles. The van der Waals surface area contributed by atoms with Gasteiger partial charge < -0.3 is 13.5 Å². The fourth-order valence-electron chi connectivity index (χ4n) is 0. The molecule has 80 valence electrons. The zero-order chi connectivity index (χ0) is 7.15. The summed E-state index contributed by atoms with van der Waals surface area (Å²) in [7, 11) is 0.759. The summed E-state index contributed by atoms with van der Waals surface area (Å²) in [5.41, 5.74) is 0. The molecular weight excluding hydrogens is 560 g/mol. The van der Waals surface area contributed by atoms with Crippen molar-refractivity contribution in [2.45, 2.75) is 0 Å². The van der Waals surface area contributed by atoms with E-state index in [4.69, 9.17) is 0 Å². The molecule has 0 aliphatic heterocycles. The van der Waals surface area contributed by atoms with Crippen LogP contribution in [0.15, 0.2) is 0 Å². The van der Waals surface area contributed by atoms with E-state index in [9.17, 15) is 0 Å². The van der Waals surface area contributed by atoms with Gasteiger partial charge in [0.2, 0.25) is 0 Å². The van der Waals surface area contributed by atoms with Gasteiger partial charge in [0.1, 0.15) is 0 Å². The van der Waals surface area contributed by atoms with Crippen molar-refractivity contribution in [3.05, 3.63) is 0 Å². The summed E-state index contributed by atoms with van der Waals surface area (Å²) < 4.78 is 0. The summed E-state index contributed by atoms with van der Waals surface area (Å²) in [6, 6.07) is 0. The van der Waals surface area contributed by atoms with Crippen molar-refractivity contribution >= 4 is 29.3 Å². The Kier molecular flexibility index (Phi) is 60.9. The van der Waals surface area contributed by atoms with E-state index < -0.39 is 0 Å². The van der Waals surface area contributed by atoms with Crippen LogP contribution < -0.4 is 0 Å². The van der Waals surface area contributed by atoms with Crippen molar-refractivity contribution in [2.75, 3.05) is 40.0 Å². The third-order valence-corrected chi connectivity index (χ3v) is 0. The van der Waals surface area contributed by atoms with Gasteiger partial charge in [-0.25, -0.2) is 0 Å². The maximum atomic E-state index is 2.23. The number of hydrogen-bond donors (Lipinski definition) is 0. The predicted octanol–water partition coefficient (Wildman–Crippen LogP) is 2.71. The SMILES string of the molecule is CP(C)C.CP(C)C.[Au+].[Au+].[S-2]. The molecule has 0 atom stereocenters. The van der Waals surface area contributed by atoms with Gasteiger partial charge in [-0.15, -0.1) is 15.8 Å². The molecule has 0 saturated carbocycles. The van der Waals surface area contributed by atoms with Crippen LogP contribution in [0.5, 0.6) is 0 Å². The van der Waals surface area contributed by atoms with Crippen molar-refractivity contribution in [3.8, 4) is 0 Å². The monoisotopic (exact) mass is 578 g/mol. The summed E-state index contributed by atoms with van der Waals surface area (Å²) in [5.74, 6) is 0. The van der Waals surface area contributed by atoms with Gasteiger partial charge in [0, 0.05) is 0 Å². The maximum Gasteiger partial charge on any atom is 1.00 e. The molecule has 11 heavy (non-hydrogen) atoms. The van der Waals surface area contributed by atoms with E-state index in [-0.39, 0.29) is 58.3 Å². The maximum absolute atomic E-state index is 2.23. The van der Waals surface area contributed by atoms with E-state index in [1.807, 2.05) is 0 Å². The van der Waals surface area contributed by atoms with Gasteiger partial charge in [-0.2, -0.15) is 0 Å². The van der Waals surface area contributed by atoms with Crippen LogP contribution in [0.4, 0.5) is 0 Å². The molecule has 0 fully saturated rings. The van der Waals surface area contributed by atoms with Gasteiger partial charge in [-0.1, -0.05) is 0 Å². The summed E-state index contributed by atoms with van der Waals surface area (Å²) in [5, 5.41) is 0. The summed E-state index contributed by atoms with van der Waals surface area (Å²) in [6.45, 7) is 13.4. The molecule has 0 amide bonds. The Morgan fingerprint density at radius 2 is 0.545 bits per heavy atom. The van der Waals surface area contributed by atoms with Gasteiger partial charge in [0.05, 0.1) is 0 Å². The van der Waals surface area contributed by atoms with E-state index >= 15 is 0 Å². The second-order valence-electron chi connectivity index (χ2n) is 2.68. The molecule has 0 N–H and O–H groups in total. The van der Waals surface area contributed by atoms with Crippen molar-refractivity contribution in [1.82, 2.24) is 0 Å². The fraction of sp³-hybridized carbons (Fsp3) is 1.00. The average Bonchev–Trinajstić information content (AvgIpc) is 1.25. The topological polar surface area (TPSA) is 0 Å². The zero-order valence-electron chi connectivity index (χ0n) is 7.91. The first kappa shape index (κ1) is 29.2. The molecule has 5 heteroatoms. The molecule has 0 aromatic heterocycles. The Morgan fingerprint density at radius 1 is 0.545 bits per heavy atom. The second kappa shape index (κ2) is 23.0. The summed E-state index contributed by atoms with van der Waals surface area (Å²) >= 11 is 0. The van der Waals surface area contributed by atoms with Crippen molar-refractivity contribution in [1.29, 1.82) is 0 Å². The Hall–Kier alpha value is 2.69. The van der Waals surface area contributed by atoms with Crippen molar-refractivity contribution in [3.63, 3.8) is 0 Å². The van der Waals surface area contributed by atoms with Gasteiger partial charge in [0.25, 0.3) is 0 Å². The second-order valence-corrected chi connectivity index (χ2v) is 8.05. The van der Waals surface area contributed by atoms with E-state index in [0.29, 0.717) is 15.8 Å². The standard InChI is InChI=1S/2C3H9P.2Au.S/c2*1-4(2)3;;;/h2*1-3H3;;;/q;;2*+1;-2. The van der Waals surface area contributed by atoms with Crippen molar-refractivity contribution < 1.29 is 44.8 Å². The van der Waals surface area contributed by atoms with Crippen LogP contribution in [0.1, 0.15) is 0 Å². The molecule has 0 aromatic carbocycles. The van der Waals surface area contributed by atoms with Gasteiger partial charge in [0.15, 0.2) is 0 Å². The smallest absolute Gasteiger partial charge is 1.00 e. The first-order valence-electron chi connectivity index (χ1n) is 2.68. The van der Waals surface area contributed by atoms with Crippen LogP contribution in [0.3, 0.4) is 0 Å². The predicted molar refractivity (Wildman–Crippen MR) is 56.7 cm³/mol. The van der Waals surface area contributed by atoms with E-state index in [0.717, 1.165) is 0 Å². The van der Waals surface area contributed by atoms with Gasteiger partial charge in [-0.3, -0.25) is 0 Å². The Balaban J connectivity index is -0.0000000171. The Morgan fingerprint density at radius 3 is 0.545 bits per heavy atom. The van der Waals surface area contributed by atoms with Crippen molar-refractivity contribution in [2.24, 2.45) is 0 Å². The van der Waals surface area contributed by atoms with Crippen LogP contribution >= 0.6 is 15.8 Å². The molecule has 0 spiro atoms. The Bertz CT molecular complexity index is 34.1. The minimum absolute atomic E-state index is 0. The van der Waals surface area contributed by atoms with E-state index in [1.54, 1.807) is 0 Å². The molecule has 0 radical (unpaired) electrons. The van der Waals surface area contributed by atoms with E-state index in [2.05, 4.69) is 40.0 Å². The number of hydrogen-bond acceptors (Lipinski definition) is 0. The quantitative estimate of drug-likeness (QED) is 0.307. The minimum atomic E-state index is 0. The molecule has 0 bridgehead atoms. The average molecular weight is 578 g/mol. The molecule has 0 aliphatic rings. The fourth-order valence-corrected chi connectivity index (χ4v) is 0. The molecule has 0 heterocycles. The van der Waals surface area contributed by atoms with Crippen LogP contribution in [-0.4, -0.2) is 40.0 Å². The molecule has 0 rings (SSSR count). The van der Waals surface area contributed by atoms with E-state index in [1.165, 1.54) is 0 Å². The largest absolute Gasteiger partial charge is 2.00 e. The first-order valence-corrected chi connectivity index (χ1v) is 8.05. The molecule has 0 nitrogen and oxygen atoms in total. The van der Waals surface area contributed by atoms with Crippen LogP contribution in [0.2, 0.25) is 0 Å². The minimum Gasteiger partial charge on any atom is -2.00 e. The van der Waals surface area contributed by atoms with Crippen LogP contribution in [0, 0.1) is 0 Å².